The number of benzene rings is 1. The molecule has 0 aromatic heterocycles. The van der Waals surface area contributed by atoms with E-state index in [2.05, 4.69) is 12.2 Å². The fraction of sp³-hybridized carbons (Fsp3) is 0.467. The fourth-order valence-corrected chi connectivity index (χ4v) is 2.48. The second-order valence-electron chi connectivity index (χ2n) is 5.24. The lowest BCUT2D eigenvalue weighted by atomic mass is 10.0. The molecule has 2 N–H and O–H groups in total. The van der Waals surface area contributed by atoms with Crippen LogP contribution in [-0.4, -0.2) is 34.6 Å². The first-order valence-electron chi connectivity index (χ1n) is 6.94. The average Bonchev–Trinajstić information content (AvgIpc) is 2.41. The number of carbonyl (C=O) groups is 2. The van der Waals surface area contributed by atoms with Crippen molar-refractivity contribution >= 4 is 17.7 Å². The minimum Gasteiger partial charge on any atom is -0.481 e. The number of piperidine rings is 1. The Hall–Kier alpha value is -2.04. The van der Waals surface area contributed by atoms with Crippen LogP contribution in [0.25, 0.3) is 0 Å². The van der Waals surface area contributed by atoms with Gasteiger partial charge in [0.15, 0.2) is 0 Å². The first-order chi connectivity index (χ1) is 9.56. The van der Waals surface area contributed by atoms with Crippen LogP contribution in [0.5, 0.6) is 0 Å². The topological polar surface area (TPSA) is 69.6 Å². The number of likely N-dealkylation sites (tertiary alicyclic amines) is 1. The standard InChI is InChI=1S/C15H20N2O3/c1-11-4-2-3-9-17(11)15(20)16-13-7-5-12(6-8-13)10-14(18)19/h5-8,11H,2-4,9-10H2,1H3,(H,16,20)(H,18,19). The van der Waals surface area contributed by atoms with E-state index in [1.54, 1.807) is 24.3 Å². The lowest BCUT2D eigenvalue weighted by Gasteiger charge is -2.33. The molecule has 0 saturated carbocycles. The van der Waals surface area contributed by atoms with Crippen molar-refractivity contribution in [1.82, 2.24) is 4.90 Å². The smallest absolute Gasteiger partial charge is 0.322 e. The summed E-state index contributed by atoms with van der Waals surface area (Å²) in [6, 6.07) is 7.13. The zero-order valence-electron chi connectivity index (χ0n) is 11.6. The molecule has 0 spiro atoms. The molecule has 108 valence electrons. The molecule has 1 aromatic rings. The van der Waals surface area contributed by atoms with E-state index < -0.39 is 5.97 Å². The second-order valence-corrected chi connectivity index (χ2v) is 5.24. The summed E-state index contributed by atoms with van der Waals surface area (Å²) < 4.78 is 0. The third kappa shape index (κ3) is 3.73. The largest absolute Gasteiger partial charge is 0.481 e. The number of carbonyl (C=O) groups excluding carboxylic acids is 1. The Morgan fingerprint density at radius 2 is 2.00 bits per heavy atom. The maximum atomic E-state index is 12.2. The molecule has 0 radical (unpaired) electrons. The van der Waals surface area contributed by atoms with Crippen molar-refractivity contribution < 1.29 is 14.7 Å². The summed E-state index contributed by atoms with van der Waals surface area (Å²) in [7, 11) is 0. The van der Waals surface area contributed by atoms with E-state index in [9.17, 15) is 9.59 Å². The van der Waals surface area contributed by atoms with Crippen LogP contribution in [0.1, 0.15) is 31.7 Å². The molecule has 20 heavy (non-hydrogen) atoms. The van der Waals surface area contributed by atoms with Crippen molar-refractivity contribution in [2.24, 2.45) is 0 Å². The predicted molar refractivity (Wildman–Crippen MR) is 76.8 cm³/mol. The molecule has 1 aliphatic rings. The van der Waals surface area contributed by atoms with Gasteiger partial charge in [0, 0.05) is 18.3 Å². The number of urea groups is 1. The summed E-state index contributed by atoms with van der Waals surface area (Å²) in [5.74, 6) is -0.857. The number of nitrogens with one attached hydrogen (secondary N) is 1. The Bertz CT molecular complexity index is 484. The fourth-order valence-electron chi connectivity index (χ4n) is 2.48. The van der Waals surface area contributed by atoms with Crippen molar-refractivity contribution in [3.8, 4) is 0 Å². The highest BCUT2D eigenvalue weighted by Gasteiger charge is 2.22. The van der Waals surface area contributed by atoms with Gasteiger partial charge in [0.05, 0.1) is 6.42 Å². The van der Waals surface area contributed by atoms with Gasteiger partial charge in [0.1, 0.15) is 0 Å². The Labute approximate surface area is 118 Å². The summed E-state index contributed by atoms with van der Waals surface area (Å²) in [6.07, 6.45) is 3.27. The Morgan fingerprint density at radius 1 is 1.30 bits per heavy atom. The van der Waals surface area contributed by atoms with Crippen LogP contribution in [0.4, 0.5) is 10.5 Å². The second kappa shape index (κ2) is 6.41. The number of carboxylic acids is 1. The van der Waals surface area contributed by atoms with Crippen LogP contribution < -0.4 is 5.32 Å². The highest BCUT2D eigenvalue weighted by molar-refractivity contribution is 5.89. The number of rotatable bonds is 3. The number of aliphatic carboxylic acids is 1. The van der Waals surface area contributed by atoms with Crippen LogP contribution in [-0.2, 0) is 11.2 Å². The molecule has 1 heterocycles. The van der Waals surface area contributed by atoms with E-state index in [1.807, 2.05) is 4.90 Å². The molecule has 5 nitrogen and oxygen atoms in total. The molecular weight excluding hydrogens is 256 g/mol. The van der Waals surface area contributed by atoms with Crippen LogP contribution >= 0.6 is 0 Å². The summed E-state index contributed by atoms with van der Waals surface area (Å²) in [5, 5.41) is 11.6. The van der Waals surface area contributed by atoms with Gasteiger partial charge in [-0.1, -0.05) is 12.1 Å². The summed E-state index contributed by atoms with van der Waals surface area (Å²) in [4.78, 5) is 24.6. The molecule has 1 atom stereocenters. The molecule has 1 aromatic carbocycles. The zero-order valence-corrected chi connectivity index (χ0v) is 11.6. The number of nitrogens with zero attached hydrogens (tertiary/aromatic N) is 1. The quantitative estimate of drug-likeness (QED) is 0.891. The summed E-state index contributed by atoms with van der Waals surface area (Å²) in [6.45, 7) is 2.86. The highest BCUT2D eigenvalue weighted by atomic mass is 16.4. The van der Waals surface area contributed by atoms with Crippen molar-refractivity contribution in [2.75, 3.05) is 11.9 Å². The van der Waals surface area contributed by atoms with Gasteiger partial charge in [-0.05, 0) is 43.9 Å². The van der Waals surface area contributed by atoms with Crippen LogP contribution in [0, 0.1) is 0 Å². The van der Waals surface area contributed by atoms with E-state index in [1.165, 1.54) is 6.42 Å². The average molecular weight is 276 g/mol. The third-order valence-corrected chi connectivity index (χ3v) is 3.62. The normalized spacial score (nSPS) is 18.6. The number of anilines is 1. The zero-order chi connectivity index (χ0) is 14.5. The number of hydrogen-bond acceptors (Lipinski definition) is 2. The highest BCUT2D eigenvalue weighted by Crippen LogP contribution is 2.18. The molecule has 5 heteroatoms. The van der Waals surface area contributed by atoms with Crippen molar-refractivity contribution in [2.45, 2.75) is 38.6 Å². The maximum absolute atomic E-state index is 12.2. The first-order valence-corrected chi connectivity index (χ1v) is 6.94. The minimum atomic E-state index is -0.857. The Kier molecular flexibility index (Phi) is 4.61. The van der Waals surface area contributed by atoms with Gasteiger partial charge < -0.3 is 15.3 Å². The molecule has 1 saturated heterocycles. The lowest BCUT2D eigenvalue weighted by molar-refractivity contribution is -0.136. The van der Waals surface area contributed by atoms with Gasteiger partial charge in [-0.15, -0.1) is 0 Å². The summed E-state index contributed by atoms with van der Waals surface area (Å²) >= 11 is 0. The molecule has 2 rings (SSSR count). The van der Waals surface area contributed by atoms with Crippen molar-refractivity contribution in [1.29, 1.82) is 0 Å². The van der Waals surface area contributed by atoms with E-state index in [0.29, 0.717) is 5.69 Å². The molecule has 0 aliphatic carbocycles. The Morgan fingerprint density at radius 3 is 2.60 bits per heavy atom. The van der Waals surface area contributed by atoms with Crippen LogP contribution in [0.2, 0.25) is 0 Å². The van der Waals surface area contributed by atoms with E-state index >= 15 is 0 Å². The molecular formula is C15H20N2O3. The van der Waals surface area contributed by atoms with Crippen LogP contribution in [0.3, 0.4) is 0 Å². The molecule has 1 unspecified atom stereocenters. The van der Waals surface area contributed by atoms with Gasteiger partial charge in [0.2, 0.25) is 0 Å². The van der Waals surface area contributed by atoms with Crippen molar-refractivity contribution in [3.63, 3.8) is 0 Å². The van der Waals surface area contributed by atoms with E-state index in [0.717, 1.165) is 24.9 Å². The van der Waals surface area contributed by atoms with Crippen LogP contribution in [0.15, 0.2) is 24.3 Å². The number of hydrogen-bond donors (Lipinski definition) is 2. The lowest BCUT2D eigenvalue weighted by Crippen LogP contribution is -2.44. The molecule has 2 amide bonds. The third-order valence-electron chi connectivity index (χ3n) is 3.62. The first kappa shape index (κ1) is 14.4. The van der Waals surface area contributed by atoms with Gasteiger partial charge in [-0.2, -0.15) is 0 Å². The summed E-state index contributed by atoms with van der Waals surface area (Å²) in [5.41, 5.74) is 1.42. The van der Waals surface area contributed by atoms with Gasteiger partial charge in [0.25, 0.3) is 0 Å². The molecule has 0 bridgehead atoms. The van der Waals surface area contributed by atoms with Gasteiger partial charge in [-0.3, -0.25) is 4.79 Å². The van der Waals surface area contributed by atoms with Gasteiger partial charge in [-0.25, -0.2) is 4.79 Å². The Balaban J connectivity index is 1.95. The van der Waals surface area contributed by atoms with Gasteiger partial charge >= 0.3 is 12.0 Å². The number of amides is 2. The number of carboxylic acid groups (broad SMARTS) is 1. The molecule has 1 aliphatic heterocycles. The SMILES string of the molecule is CC1CCCCN1C(=O)Nc1ccc(CC(=O)O)cc1. The van der Waals surface area contributed by atoms with E-state index in [4.69, 9.17) is 5.11 Å². The predicted octanol–water partition coefficient (Wildman–Crippen LogP) is 2.72. The maximum Gasteiger partial charge on any atom is 0.322 e. The minimum absolute atomic E-state index is 0.00259. The van der Waals surface area contributed by atoms with E-state index in [-0.39, 0.29) is 18.5 Å². The van der Waals surface area contributed by atoms with Crippen molar-refractivity contribution in [3.05, 3.63) is 29.8 Å². The monoisotopic (exact) mass is 276 g/mol. The molecule has 1 fully saturated rings.